The van der Waals surface area contributed by atoms with Crippen molar-refractivity contribution in [2.24, 2.45) is 0 Å². The predicted molar refractivity (Wildman–Crippen MR) is 117 cm³/mol. The number of hydrogen-bond donors (Lipinski definition) is 3. The molecule has 2 heterocycles. The first kappa shape index (κ1) is 20.8. The lowest BCUT2D eigenvalue weighted by atomic mass is 10.1. The van der Waals surface area contributed by atoms with Crippen LogP contribution in [0.25, 0.3) is 11.0 Å². The van der Waals surface area contributed by atoms with E-state index in [4.69, 9.17) is 4.42 Å². The van der Waals surface area contributed by atoms with Gasteiger partial charge >= 0.3 is 0 Å². The van der Waals surface area contributed by atoms with Gasteiger partial charge in [-0.1, -0.05) is 18.6 Å². The number of thiophene rings is 1. The fraction of sp³-hybridized carbons (Fsp3) is 0.273. The Kier molecular flexibility index (Phi) is 5.85. The molecule has 0 saturated heterocycles. The van der Waals surface area contributed by atoms with Crippen LogP contribution in [0.1, 0.15) is 57.5 Å². The van der Waals surface area contributed by atoms with Gasteiger partial charge in [0.05, 0.1) is 10.9 Å². The molecule has 2 aromatic heterocycles. The van der Waals surface area contributed by atoms with Crippen molar-refractivity contribution in [3.8, 4) is 0 Å². The van der Waals surface area contributed by atoms with E-state index >= 15 is 0 Å². The van der Waals surface area contributed by atoms with Crippen LogP contribution in [0, 0.1) is 0 Å². The highest BCUT2D eigenvalue weighted by molar-refractivity contribution is 7.17. The summed E-state index contributed by atoms with van der Waals surface area (Å²) in [5, 5.41) is 3.50. The van der Waals surface area contributed by atoms with Gasteiger partial charge in [-0.2, -0.15) is 0 Å². The number of amides is 3. The Morgan fingerprint density at radius 3 is 2.58 bits per heavy atom. The summed E-state index contributed by atoms with van der Waals surface area (Å²) < 4.78 is 5.61. The van der Waals surface area contributed by atoms with Crippen LogP contribution < -0.4 is 21.6 Å². The first-order chi connectivity index (χ1) is 14.9. The van der Waals surface area contributed by atoms with Crippen molar-refractivity contribution in [2.45, 2.75) is 39.0 Å². The van der Waals surface area contributed by atoms with E-state index in [1.807, 2.05) is 0 Å². The van der Waals surface area contributed by atoms with E-state index in [1.54, 1.807) is 24.3 Å². The molecule has 3 amide bonds. The minimum atomic E-state index is -0.618. The lowest BCUT2D eigenvalue weighted by Crippen LogP contribution is -2.40. The Balaban J connectivity index is 1.69. The fourth-order valence-corrected chi connectivity index (χ4v) is 4.94. The van der Waals surface area contributed by atoms with Gasteiger partial charge in [-0.05, 0) is 43.4 Å². The molecule has 8 nitrogen and oxygen atoms in total. The average molecular weight is 439 g/mol. The SMILES string of the molecule is CC(=O)NNC(=O)c1c(NC(=O)c2cc(=O)c3ccccc3o2)sc2c1CCCCC2. The first-order valence-electron chi connectivity index (χ1n) is 9.99. The molecule has 0 spiro atoms. The van der Waals surface area contributed by atoms with Gasteiger partial charge in [0.15, 0.2) is 11.2 Å². The van der Waals surface area contributed by atoms with Gasteiger partial charge in [0, 0.05) is 17.9 Å². The second kappa shape index (κ2) is 8.73. The van der Waals surface area contributed by atoms with Crippen molar-refractivity contribution in [3.63, 3.8) is 0 Å². The molecule has 0 bridgehead atoms. The summed E-state index contributed by atoms with van der Waals surface area (Å²) in [6.45, 7) is 1.29. The summed E-state index contributed by atoms with van der Waals surface area (Å²) in [4.78, 5) is 50.3. The first-order valence-corrected chi connectivity index (χ1v) is 10.8. The van der Waals surface area contributed by atoms with Crippen molar-refractivity contribution in [3.05, 3.63) is 62.3 Å². The van der Waals surface area contributed by atoms with Crippen LogP contribution >= 0.6 is 11.3 Å². The molecule has 4 rings (SSSR count). The summed E-state index contributed by atoms with van der Waals surface area (Å²) in [6.07, 6.45) is 4.55. The molecule has 0 radical (unpaired) electrons. The third-order valence-corrected chi connectivity index (χ3v) is 6.29. The average Bonchev–Trinajstić information content (AvgIpc) is 2.92. The number of carbonyl (C=O) groups excluding carboxylic acids is 3. The second-order valence-corrected chi connectivity index (χ2v) is 8.43. The van der Waals surface area contributed by atoms with Crippen LogP contribution in [0.4, 0.5) is 5.00 Å². The largest absolute Gasteiger partial charge is 0.451 e. The minimum absolute atomic E-state index is 0.138. The topological polar surface area (TPSA) is 118 Å². The van der Waals surface area contributed by atoms with E-state index in [0.717, 1.165) is 48.6 Å². The lowest BCUT2D eigenvalue weighted by Gasteiger charge is -2.10. The summed E-state index contributed by atoms with van der Waals surface area (Å²) >= 11 is 1.34. The monoisotopic (exact) mass is 439 g/mol. The smallest absolute Gasteiger partial charge is 0.292 e. The summed E-state index contributed by atoms with van der Waals surface area (Å²) in [6, 6.07) is 7.83. The van der Waals surface area contributed by atoms with Crippen LogP contribution in [-0.2, 0) is 17.6 Å². The number of para-hydroxylation sites is 1. The zero-order valence-corrected chi connectivity index (χ0v) is 17.7. The van der Waals surface area contributed by atoms with Crippen LogP contribution in [0.3, 0.4) is 0 Å². The molecule has 0 atom stereocenters. The number of benzene rings is 1. The standard InChI is InChI=1S/C22H21N3O5S/c1-12(26)24-25-21(29)19-14-8-3-2-4-10-18(14)31-22(19)23-20(28)17-11-15(27)13-7-5-6-9-16(13)30-17/h5-7,9,11H,2-4,8,10H2,1H3,(H,23,28)(H,24,26)(H,25,29). The maximum Gasteiger partial charge on any atom is 0.292 e. The Hall–Kier alpha value is -3.46. The predicted octanol–water partition coefficient (Wildman–Crippen LogP) is 3.16. The summed E-state index contributed by atoms with van der Waals surface area (Å²) in [5.74, 6) is -1.66. The van der Waals surface area contributed by atoms with Crippen molar-refractivity contribution in [2.75, 3.05) is 5.32 Å². The van der Waals surface area contributed by atoms with E-state index in [1.165, 1.54) is 18.3 Å². The third kappa shape index (κ3) is 4.36. The highest BCUT2D eigenvalue weighted by Crippen LogP contribution is 2.37. The van der Waals surface area contributed by atoms with Crippen molar-refractivity contribution >= 4 is 45.0 Å². The molecule has 1 aliphatic carbocycles. The number of anilines is 1. The van der Waals surface area contributed by atoms with Gasteiger partial charge < -0.3 is 9.73 Å². The third-order valence-electron chi connectivity index (χ3n) is 5.09. The molecule has 9 heteroatoms. The van der Waals surface area contributed by atoms with E-state index < -0.39 is 17.7 Å². The molecular weight excluding hydrogens is 418 g/mol. The van der Waals surface area contributed by atoms with Crippen LogP contribution in [-0.4, -0.2) is 17.7 Å². The number of carbonyl (C=O) groups is 3. The molecule has 1 aliphatic rings. The number of hydrogen-bond acceptors (Lipinski definition) is 6. The Labute approximate surface area is 181 Å². The van der Waals surface area contributed by atoms with Crippen LogP contribution in [0.5, 0.6) is 0 Å². The molecule has 3 aromatic rings. The highest BCUT2D eigenvalue weighted by atomic mass is 32.1. The van der Waals surface area contributed by atoms with E-state index in [2.05, 4.69) is 16.2 Å². The minimum Gasteiger partial charge on any atom is -0.451 e. The lowest BCUT2D eigenvalue weighted by molar-refractivity contribution is -0.119. The van der Waals surface area contributed by atoms with Crippen LogP contribution in [0.15, 0.2) is 39.5 Å². The van der Waals surface area contributed by atoms with Gasteiger partial charge in [-0.3, -0.25) is 30.0 Å². The quantitative estimate of drug-likeness (QED) is 0.428. The normalized spacial score (nSPS) is 13.2. The fourth-order valence-electron chi connectivity index (χ4n) is 3.66. The number of hydrazine groups is 1. The van der Waals surface area contributed by atoms with Gasteiger partial charge in [-0.15, -0.1) is 11.3 Å². The molecule has 0 unspecified atom stereocenters. The zero-order valence-electron chi connectivity index (χ0n) is 16.9. The Morgan fingerprint density at radius 1 is 1.00 bits per heavy atom. The molecule has 0 saturated carbocycles. The van der Waals surface area contributed by atoms with E-state index in [-0.39, 0.29) is 11.2 Å². The summed E-state index contributed by atoms with van der Waals surface area (Å²) in [5.41, 5.74) is 5.89. The van der Waals surface area contributed by atoms with E-state index in [0.29, 0.717) is 21.5 Å². The summed E-state index contributed by atoms with van der Waals surface area (Å²) in [7, 11) is 0. The van der Waals surface area contributed by atoms with Crippen LogP contribution in [0.2, 0.25) is 0 Å². The molecule has 1 aromatic carbocycles. The van der Waals surface area contributed by atoms with Crippen molar-refractivity contribution in [1.29, 1.82) is 0 Å². The van der Waals surface area contributed by atoms with Crippen molar-refractivity contribution in [1.82, 2.24) is 10.9 Å². The zero-order chi connectivity index (χ0) is 22.0. The van der Waals surface area contributed by atoms with Gasteiger partial charge in [-0.25, -0.2) is 0 Å². The number of rotatable bonds is 3. The second-order valence-electron chi connectivity index (χ2n) is 7.33. The van der Waals surface area contributed by atoms with Crippen molar-refractivity contribution < 1.29 is 18.8 Å². The Bertz CT molecular complexity index is 1240. The Morgan fingerprint density at radius 2 is 1.77 bits per heavy atom. The molecular formula is C22H21N3O5S. The maximum absolute atomic E-state index is 12.9. The molecule has 3 N–H and O–H groups in total. The van der Waals surface area contributed by atoms with Gasteiger partial charge in [0.2, 0.25) is 5.91 Å². The van der Waals surface area contributed by atoms with E-state index in [9.17, 15) is 19.2 Å². The molecule has 0 fully saturated rings. The molecule has 0 aliphatic heterocycles. The molecule has 31 heavy (non-hydrogen) atoms. The number of nitrogens with one attached hydrogen (secondary N) is 3. The van der Waals surface area contributed by atoms with Gasteiger partial charge in [0.1, 0.15) is 10.6 Å². The number of fused-ring (bicyclic) bond motifs is 2. The number of aryl methyl sites for hydroxylation is 1. The van der Waals surface area contributed by atoms with Gasteiger partial charge in [0.25, 0.3) is 11.8 Å². The molecule has 160 valence electrons. The maximum atomic E-state index is 12.9. The highest BCUT2D eigenvalue weighted by Gasteiger charge is 2.26.